The van der Waals surface area contributed by atoms with Crippen molar-refractivity contribution in [2.75, 3.05) is 6.61 Å². The molecule has 0 saturated heterocycles. The molecule has 0 N–H and O–H groups in total. The predicted molar refractivity (Wildman–Crippen MR) is 67.3 cm³/mol. The first-order valence-electron chi connectivity index (χ1n) is 5.94. The summed E-state index contributed by atoms with van der Waals surface area (Å²) in [5.41, 5.74) is -0.446. The molecule has 3 heteroatoms. The molecule has 0 bridgehead atoms. The van der Waals surface area contributed by atoms with Gasteiger partial charge in [-0.05, 0) is 51.5 Å². The summed E-state index contributed by atoms with van der Waals surface area (Å²) < 4.78 is 10.6. The summed E-state index contributed by atoms with van der Waals surface area (Å²) in [5.74, 6) is 1.13. The molecule has 0 heterocycles. The van der Waals surface area contributed by atoms with E-state index in [0.717, 1.165) is 12.2 Å². The van der Waals surface area contributed by atoms with Crippen LogP contribution < -0.4 is 9.47 Å². The number of carbonyl (C=O) groups is 1. The molecule has 94 valence electrons. The van der Waals surface area contributed by atoms with E-state index in [1.165, 1.54) is 0 Å². The second kappa shape index (κ2) is 5.71. The first-order valence-corrected chi connectivity index (χ1v) is 5.94. The Morgan fingerprint density at radius 1 is 1.12 bits per heavy atom. The average Bonchev–Trinajstić information content (AvgIpc) is 2.32. The third-order valence-electron chi connectivity index (χ3n) is 2.78. The van der Waals surface area contributed by atoms with Gasteiger partial charge in [0.05, 0.1) is 12.0 Å². The highest BCUT2D eigenvalue weighted by atomic mass is 16.5. The Kier molecular flexibility index (Phi) is 4.55. The lowest BCUT2D eigenvalue weighted by Gasteiger charge is -2.20. The second-order valence-corrected chi connectivity index (χ2v) is 4.53. The van der Waals surface area contributed by atoms with Crippen LogP contribution in [0.15, 0.2) is 24.3 Å². The topological polar surface area (TPSA) is 35.5 Å². The van der Waals surface area contributed by atoms with Crippen LogP contribution in [0.4, 0.5) is 0 Å². The zero-order chi connectivity index (χ0) is 12.9. The van der Waals surface area contributed by atoms with Gasteiger partial charge in [0.15, 0.2) is 0 Å². The maximum absolute atomic E-state index is 11.8. The van der Waals surface area contributed by atoms with E-state index in [2.05, 4.69) is 0 Å². The van der Waals surface area contributed by atoms with E-state index < -0.39 is 5.41 Å². The summed E-state index contributed by atoms with van der Waals surface area (Å²) in [7, 11) is 0. The van der Waals surface area contributed by atoms with Crippen molar-refractivity contribution in [3.05, 3.63) is 24.3 Å². The molecule has 1 aromatic carbocycles. The molecule has 0 aliphatic heterocycles. The van der Waals surface area contributed by atoms with Gasteiger partial charge in [0, 0.05) is 0 Å². The molecule has 1 aromatic rings. The van der Waals surface area contributed by atoms with Gasteiger partial charge in [-0.25, -0.2) is 0 Å². The largest absolute Gasteiger partial charge is 0.494 e. The van der Waals surface area contributed by atoms with Crippen molar-refractivity contribution >= 4 is 5.97 Å². The van der Waals surface area contributed by atoms with Gasteiger partial charge in [0.25, 0.3) is 0 Å². The van der Waals surface area contributed by atoms with Crippen molar-refractivity contribution in [3.8, 4) is 11.5 Å². The molecule has 0 atom stereocenters. The molecule has 0 amide bonds. The Morgan fingerprint density at radius 3 is 2.12 bits per heavy atom. The number of hydrogen-bond acceptors (Lipinski definition) is 3. The minimum absolute atomic E-state index is 0.204. The van der Waals surface area contributed by atoms with Crippen molar-refractivity contribution in [1.29, 1.82) is 0 Å². The third-order valence-corrected chi connectivity index (χ3v) is 2.78. The lowest BCUT2D eigenvalue weighted by Crippen LogP contribution is -2.28. The Morgan fingerprint density at radius 2 is 1.65 bits per heavy atom. The Bertz CT molecular complexity index is 366. The SMILES string of the molecule is CCOc1ccc(OC(=O)C(C)(C)CC)cc1. The van der Waals surface area contributed by atoms with Gasteiger partial charge in [-0.3, -0.25) is 4.79 Å². The highest BCUT2D eigenvalue weighted by molar-refractivity contribution is 5.78. The number of benzene rings is 1. The van der Waals surface area contributed by atoms with Gasteiger partial charge in [0.2, 0.25) is 0 Å². The van der Waals surface area contributed by atoms with E-state index >= 15 is 0 Å². The van der Waals surface area contributed by atoms with Crippen LogP contribution in [0.2, 0.25) is 0 Å². The van der Waals surface area contributed by atoms with Crippen LogP contribution in [0.5, 0.6) is 11.5 Å². The summed E-state index contributed by atoms with van der Waals surface area (Å²) >= 11 is 0. The number of esters is 1. The summed E-state index contributed by atoms with van der Waals surface area (Å²) in [6.45, 7) is 8.28. The molecule has 0 radical (unpaired) electrons. The molecular weight excluding hydrogens is 216 g/mol. The highest BCUT2D eigenvalue weighted by Crippen LogP contribution is 2.24. The van der Waals surface area contributed by atoms with Crippen LogP contribution in [0.3, 0.4) is 0 Å². The zero-order valence-electron chi connectivity index (χ0n) is 10.9. The maximum atomic E-state index is 11.8. The van der Waals surface area contributed by atoms with E-state index in [1.807, 2.05) is 27.7 Å². The molecule has 3 nitrogen and oxygen atoms in total. The smallest absolute Gasteiger partial charge is 0.316 e. The van der Waals surface area contributed by atoms with Crippen LogP contribution >= 0.6 is 0 Å². The molecule has 0 aliphatic carbocycles. The normalized spacial score (nSPS) is 11.1. The summed E-state index contributed by atoms with van der Waals surface area (Å²) in [6.07, 6.45) is 0.753. The Hall–Kier alpha value is -1.51. The van der Waals surface area contributed by atoms with Gasteiger partial charge >= 0.3 is 5.97 Å². The monoisotopic (exact) mass is 236 g/mol. The fourth-order valence-electron chi connectivity index (χ4n) is 1.16. The van der Waals surface area contributed by atoms with Crippen molar-refractivity contribution in [1.82, 2.24) is 0 Å². The van der Waals surface area contributed by atoms with Gasteiger partial charge in [-0.1, -0.05) is 6.92 Å². The van der Waals surface area contributed by atoms with Crippen LogP contribution in [-0.4, -0.2) is 12.6 Å². The molecule has 0 spiro atoms. The summed E-state index contributed by atoms with van der Waals surface area (Å²) in [4.78, 5) is 11.8. The number of ether oxygens (including phenoxy) is 2. The Labute approximate surface area is 103 Å². The van der Waals surface area contributed by atoms with E-state index in [0.29, 0.717) is 12.4 Å². The summed E-state index contributed by atoms with van der Waals surface area (Å²) in [5, 5.41) is 0. The molecule has 1 rings (SSSR count). The molecule has 0 saturated carbocycles. The summed E-state index contributed by atoms with van der Waals surface area (Å²) in [6, 6.07) is 7.08. The fraction of sp³-hybridized carbons (Fsp3) is 0.500. The first kappa shape index (κ1) is 13.6. The van der Waals surface area contributed by atoms with Crippen LogP contribution in [0, 0.1) is 5.41 Å². The molecule has 0 unspecified atom stereocenters. The third kappa shape index (κ3) is 3.77. The van der Waals surface area contributed by atoms with Gasteiger partial charge in [-0.15, -0.1) is 0 Å². The zero-order valence-corrected chi connectivity index (χ0v) is 10.9. The molecular formula is C14H20O3. The van der Waals surface area contributed by atoms with Crippen LogP contribution in [0.25, 0.3) is 0 Å². The molecule has 0 fully saturated rings. The van der Waals surface area contributed by atoms with Crippen LogP contribution in [-0.2, 0) is 4.79 Å². The van der Waals surface area contributed by atoms with Crippen molar-refractivity contribution in [3.63, 3.8) is 0 Å². The van der Waals surface area contributed by atoms with Gasteiger partial charge in [0.1, 0.15) is 11.5 Å². The predicted octanol–water partition coefficient (Wildman–Crippen LogP) is 3.43. The van der Waals surface area contributed by atoms with Crippen molar-refractivity contribution in [2.45, 2.75) is 34.1 Å². The Balaban J connectivity index is 2.66. The molecule has 0 aliphatic rings. The fourth-order valence-corrected chi connectivity index (χ4v) is 1.16. The second-order valence-electron chi connectivity index (χ2n) is 4.53. The molecule has 0 aromatic heterocycles. The van der Waals surface area contributed by atoms with Crippen LogP contribution in [0.1, 0.15) is 34.1 Å². The van der Waals surface area contributed by atoms with Gasteiger partial charge in [-0.2, -0.15) is 0 Å². The van der Waals surface area contributed by atoms with Crippen molar-refractivity contribution in [2.24, 2.45) is 5.41 Å². The van der Waals surface area contributed by atoms with Crippen molar-refractivity contribution < 1.29 is 14.3 Å². The highest BCUT2D eigenvalue weighted by Gasteiger charge is 2.27. The minimum Gasteiger partial charge on any atom is -0.494 e. The molecule has 17 heavy (non-hydrogen) atoms. The van der Waals surface area contributed by atoms with E-state index in [9.17, 15) is 4.79 Å². The average molecular weight is 236 g/mol. The number of hydrogen-bond donors (Lipinski definition) is 0. The van der Waals surface area contributed by atoms with Gasteiger partial charge < -0.3 is 9.47 Å². The van der Waals surface area contributed by atoms with E-state index in [4.69, 9.17) is 9.47 Å². The number of rotatable bonds is 5. The van der Waals surface area contributed by atoms with E-state index in [-0.39, 0.29) is 5.97 Å². The minimum atomic E-state index is -0.446. The lowest BCUT2D eigenvalue weighted by molar-refractivity contribution is -0.144. The first-order chi connectivity index (χ1) is 7.99. The quantitative estimate of drug-likeness (QED) is 0.580. The van der Waals surface area contributed by atoms with E-state index in [1.54, 1.807) is 24.3 Å². The lowest BCUT2D eigenvalue weighted by atomic mass is 9.91. The maximum Gasteiger partial charge on any atom is 0.316 e. The standard InChI is InChI=1S/C14H20O3/c1-5-14(3,4)13(15)17-12-9-7-11(8-10-12)16-6-2/h7-10H,5-6H2,1-4H3. The number of carbonyl (C=O) groups excluding carboxylic acids is 1.